The molecular formula is C8H8FO. The topological polar surface area (TPSA) is 9.23 Å². The first-order valence-electron chi connectivity index (χ1n) is 2.94. The van der Waals surface area contributed by atoms with Crippen LogP contribution >= 0.6 is 0 Å². The lowest BCUT2D eigenvalue weighted by molar-refractivity contribution is 0.229. The predicted molar refractivity (Wildman–Crippen MR) is 36.5 cm³/mol. The van der Waals surface area contributed by atoms with E-state index in [9.17, 15) is 4.39 Å². The minimum absolute atomic E-state index is 0.229. The van der Waals surface area contributed by atoms with Crippen LogP contribution in [-0.2, 0) is 11.3 Å². The number of ether oxygens (including phenoxy) is 1. The maximum absolute atomic E-state index is 12.3. The van der Waals surface area contributed by atoms with Crippen LogP contribution in [0.1, 0.15) is 5.56 Å². The van der Waals surface area contributed by atoms with E-state index in [-0.39, 0.29) is 5.82 Å². The summed E-state index contributed by atoms with van der Waals surface area (Å²) in [4.78, 5) is 0. The van der Waals surface area contributed by atoms with Crippen molar-refractivity contribution in [1.82, 2.24) is 0 Å². The van der Waals surface area contributed by atoms with Crippen molar-refractivity contribution in [2.24, 2.45) is 0 Å². The van der Waals surface area contributed by atoms with Crippen molar-refractivity contribution in [1.29, 1.82) is 0 Å². The van der Waals surface area contributed by atoms with E-state index in [1.54, 1.807) is 12.1 Å². The second-order valence-corrected chi connectivity index (χ2v) is 1.97. The molecule has 1 aromatic rings. The maximum Gasteiger partial charge on any atom is 0.123 e. The fourth-order valence-corrected chi connectivity index (χ4v) is 0.698. The number of halogens is 1. The molecule has 0 N–H and O–H groups in total. The Bertz CT molecular complexity index is 193. The first-order chi connectivity index (χ1) is 4.83. The highest BCUT2D eigenvalue weighted by Gasteiger charge is 1.90. The van der Waals surface area contributed by atoms with Crippen molar-refractivity contribution in [3.63, 3.8) is 0 Å². The zero-order valence-electron chi connectivity index (χ0n) is 5.51. The highest BCUT2D eigenvalue weighted by atomic mass is 19.1. The van der Waals surface area contributed by atoms with Gasteiger partial charge in [0.05, 0.1) is 13.7 Å². The summed E-state index contributed by atoms with van der Waals surface area (Å²) < 4.78 is 16.9. The van der Waals surface area contributed by atoms with Crippen molar-refractivity contribution in [2.75, 3.05) is 0 Å². The molecule has 0 unspecified atom stereocenters. The standard InChI is InChI=1S/C8H8FO/c1-10-6-7-2-4-8(9)5-3-7/h2-5H,1,6H2. The molecule has 0 aliphatic carbocycles. The van der Waals surface area contributed by atoms with Crippen molar-refractivity contribution in [2.45, 2.75) is 6.61 Å². The van der Waals surface area contributed by atoms with Crippen LogP contribution in [0.15, 0.2) is 24.3 Å². The van der Waals surface area contributed by atoms with Gasteiger partial charge in [0, 0.05) is 0 Å². The van der Waals surface area contributed by atoms with Crippen LogP contribution in [0.3, 0.4) is 0 Å². The van der Waals surface area contributed by atoms with E-state index in [0.717, 1.165) is 5.56 Å². The molecule has 0 aliphatic heterocycles. The van der Waals surface area contributed by atoms with Crippen molar-refractivity contribution in [3.8, 4) is 0 Å². The molecule has 0 spiro atoms. The Morgan fingerprint density at radius 3 is 2.40 bits per heavy atom. The summed E-state index contributed by atoms with van der Waals surface area (Å²) in [6.07, 6.45) is 0. The van der Waals surface area contributed by atoms with Crippen LogP contribution in [0.5, 0.6) is 0 Å². The van der Waals surface area contributed by atoms with E-state index in [1.807, 2.05) is 0 Å². The van der Waals surface area contributed by atoms with E-state index >= 15 is 0 Å². The first-order valence-corrected chi connectivity index (χ1v) is 2.94. The molecule has 0 saturated heterocycles. The van der Waals surface area contributed by atoms with Crippen LogP contribution in [0.25, 0.3) is 0 Å². The largest absolute Gasteiger partial charge is 0.374 e. The Balaban J connectivity index is 2.69. The summed E-state index contributed by atoms with van der Waals surface area (Å²) in [5.74, 6) is -0.229. The quantitative estimate of drug-likeness (QED) is 0.609. The van der Waals surface area contributed by atoms with E-state index in [4.69, 9.17) is 0 Å². The molecule has 2 heteroatoms. The van der Waals surface area contributed by atoms with Crippen molar-refractivity contribution in [3.05, 3.63) is 42.8 Å². The zero-order chi connectivity index (χ0) is 7.40. The third kappa shape index (κ3) is 1.81. The Kier molecular flexibility index (Phi) is 2.40. The molecular weight excluding hydrogens is 131 g/mol. The highest BCUT2D eigenvalue weighted by Crippen LogP contribution is 2.03. The Morgan fingerprint density at radius 1 is 1.30 bits per heavy atom. The van der Waals surface area contributed by atoms with Crippen LogP contribution in [-0.4, -0.2) is 0 Å². The zero-order valence-corrected chi connectivity index (χ0v) is 5.51. The summed E-state index contributed by atoms with van der Waals surface area (Å²) in [7, 11) is 3.21. The molecule has 53 valence electrons. The third-order valence-corrected chi connectivity index (χ3v) is 1.18. The van der Waals surface area contributed by atoms with Gasteiger partial charge in [-0.1, -0.05) is 12.1 Å². The molecule has 1 aromatic carbocycles. The van der Waals surface area contributed by atoms with E-state index < -0.39 is 0 Å². The third-order valence-electron chi connectivity index (χ3n) is 1.18. The van der Waals surface area contributed by atoms with Crippen LogP contribution in [0, 0.1) is 12.9 Å². The summed E-state index contributed by atoms with van der Waals surface area (Å²) in [5.41, 5.74) is 0.927. The smallest absolute Gasteiger partial charge is 0.123 e. The maximum atomic E-state index is 12.3. The monoisotopic (exact) mass is 139 g/mol. The Labute approximate surface area is 59.4 Å². The number of hydrogen-bond donors (Lipinski definition) is 0. The van der Waals surface area contributed by atoms with E-state index in [2.05, 4.69) is 11.8 Å². The van der Waals surface area contributed by atoms with Gasteiger partial charge in [0.2, 0.25) is 0 Å². The molecule has 0 atom stereocenters. The second kappa shape index (κ2) is 3.32. The molecule has 0 saturated carbocycles. The van der Waals surface area contributed by atoms with Gasteiger partial charge in [-0.2, -0.15) is 0 Å². The van der Waals surface area contributed by atoms with Gasteiger partial charge in [0.25, 0.3) is 0 Å². The average molecular weight is 139 g/mol. The molecule has 1 radical (unpaired) electrons. The molecule has 1 rings (SSSR count). The van der Waals surface area contributed by atoms with Gasteiger partial charge in [-0.3, -0.25) is 0 Å². The molecule has 0 amide bonds. The molecule has 0 bridgehead atoms. The van der Waals surface area contributed by atoms with Crippen LogP contribution < -0.4 is 0 Å². The minimum atomic E-state index is -0.229. The van der Waals surface area contributed by atoms with Crippen LogP contribution in [0.2, 0.25) is 0 Å². The highest BCUT2D eigenvalue weighted by molar-refractivity contribution is 5.14. The summed E-state index contributed by atoms with van der Waals surface area (Å²) in [6.45, 7) is 0.431. The van der Waals surface area contributed by atoms with Gasteiger partial charge in [-0.25, -0.2) is 4.39 Å². The first kappa shape index (κ1) is 7.22. The van der Waals surface area contributed by atoms with Gasteiger partial charge in [-0.15, -0.1) is 0 Å². The Hall–Kier alpha value is -0.890. The lowest BCUT2D eigenvalue weighted by Crippen LogP contribution is -1.84. The van der Waals surface area contributed by atoms with Crippen LogP contribution in [0.4, 0.5) is 4.39 Å². The lowest BCUT2D eigenvalue weighted by Gasteiger charge is -1.96. The summed E-state index contributed by atoms with van der Waals surface area (Å²) in [6, 6.07) is 6.13. The molecule has 0 aliphatic rings. The van der Waals surface area contributed by atoms with Gasteiger partial charge in [-0.05, 0) is 17.7 Å². The van der Waals surface area contributed by atoms with E-state index in [0.29, 0.717) is 6.61 Å². The minimum Gasteiger partial charge on any atom is -0.374 e. The average Bonchev–Trinajstić information content (AvgIpc) is 1.95. The van der Waals surface area contributed by atoms with E-state index in [1.165, 1.54) is 12.1 Å². The van der Waals surface area contributed by atoms with Crippen molar-refractivity contribution < 1.29 is 9.13 Å². The second-order valence-electron chi connectivity index (χ2n) is 1.97. The van der Waals surface area contributed by atoms with Gasteiger partial charge < -0.3 is 4.74 Å². The molecule has 0 heterocycles. The normalized spacial score (nSPS) is 9.80. The molecule has 10 heavy (non-hydrogen) atoms. The fraction of sp³-hybridized carbons (Fsp3) is 0.125. The van der Waals surface area contributed by atoms with Gasteiger partial charge in [0.15, 0.2) is 0 Å². The molecule has 1 nitrogen and oxygen atoms in total. The lowest BCUT2D eigenvalue weighted by atomic mass is 10.2. The van der Waals surface area contributed by atoms with Gasteiger partial charge in [0.1, 0.15) is 5.82 Å². The SMILES string of the molecule is [CH2]OCc1ccc(F)cc1. The molecule has 0 aromatic heterocycles. The Morgan fingerprint density at radius 2 is 1.90 bits per heavy atom. The summed E-state index contributed by atoms with van der Waals surface area (Å²) in [5, 5.41) is 0. The van der Waals surface area contributed by atoms with Gasteiger partial charge >= 0.3 is 0 Å². The number of hydrogen-bond acceptors (Lipinski definition) is 1. The predicted octanol–water partition coefficient (Wildman–Crippen LogP) is 2.13. The number of benzene rings is 1. The van der Waals surface area contributed by atoms with Crippen molar-refractivity contribution >= 4 is 0 Å². The fourth-order valence-electron chi connectivity index (χ4n) is 0.698. The number of rotatable bonds is 2. The molecule has 0 fully saturated rings. The summed E-state index contributed by atoms with van der Waals surface area (Å²) >= 11 is 0.